The number of nitrogens with zero attached hydrogens (tertiary/aromatic N) is 1. The Bertz CT molecular complexity index is 359. The van der Waals surface area contributed by atoms with Gasteiger partial charge in [0, 0.05) is 26.0 Å². The van der Waals surface area contributed by atoms with Gasteiger partial charge in [0.05, 0.1) is 0 Å². The van der Waals surface area contributed by atoms with Gasteiger partial charge >= 0.3 is 7.25 Å². The van der Waals surface area contributed by atoms with Crippen LogP contribution in [0.4, 0.5) is 17.3 Å². The van der Waals surface area contributed by atoms with Crippen LogP contribution < -0.4 is 4.57 Å². The summed E-state index contributed by atoms with van der Waals surface area (Å²) < 4.78 is 41.2. The number of aryl methyl sites for hydroxylation is 3. The summed E-state index contributed by atoms with van der Waals surface area (Å²) in [5, 5.41) is 0. The topological polar surface area (TPSA) is 3.88 Å². The molecular weight excluding hydrogens is 233 g/mol. The van der Waals surface area contributed by atoms with Crippen molar-refractivity contribution in [3.05, 3.63) is 41.7 Å². The highest BCUT2D eigenvalue weighted by atomic mass is 19.5. The van der Waals surface area contributed by atoms with Gasteiger partial charge in [-0.25, -0.2) is 0 Å². The van der Waals surface area contributed by atoms with Crippen molar-refractivity contribution in [3.63, 3.8) is 0 Å². The molecule has 0 amide bonds. The summed E-state index contributed by atoms with van der Waals surface area (Å²) in [6, 6.07) is 4.38. The first-order valence-corrected chi connectivity index (χ1v) is 5.11. The molecule has 0 unspecified atom stereocenters. The van der Waals surface area contributed by atoms with Crippen LogP contribution in [0.25, 0.3) is 0 Å². The Labute approximate surface area is 98.9 Å². The SMILES string of the molecule is C=CC[n+]1c(C)cc(C)cc1C.F[B-](F)(F)F. The van der Waals surface area contributed by atoms with E-state index in [1.807, 2.05) is 6.08 Å². The van der Waals surface area contributed by atoms with E-state index < -0.39 is 7.25 Å². The van der Waals surface area contributed by atoms with Crippen molar-refractivity contribution in [1.82, 2.24) is 0 Å². The maximum absolute atomic E-state index is 9.75. The van der Waals surface area contributed by atoms with Gasteiger partial charge in [-0.15, -0.1) is 0 Å². The van der Waals surface area contributed by atoms with E-state index in [2.05, 4.69) is 44.0 Å². The molecular formula is C11H16BF4N. The molecule has 17 heavy (non-hydrogen) atoms. The van der Waals surface area contributed by atoms with E-state index in [-0.39, 0.29) is 0 Å². The third kappa shape index (κ3) is 7.55. The lowest BCUT2D eigenvalue weighted by molar-refractivity contribution is -0.698. The minimum absolute atomic E-state index is 0.901. The minimum atomic E-state index is -6.00. The third-order valence-electron chi connectivity index (χ3n) is 2.04. The predicted octanol–water partition coefficient (Wildman–Crippen LogP) is 3.39. The Morgan fingerprint density at radius 1 is 1.12 bits per heavy atom. The first-order chi connectivity index (χ1) is 7.65. The van der Waals surface area contributed by atoms with Crippen molar-refractivity contribution in [3.8, 4) is 0 Å². The zero-order chi connectivity index (χ0) is 13.6. The fourth-order valence-corrected chi connectivity index (χ4v) is 1.55. The van der Waals surface area contributed by atoms with E-state index in [9.17, 15) is 17.3 Å². The van der Waals surface area contributed by atoms with E-state index in [4.69, 9.17) is 0 Å². The normalized spacial score (nSPS) is 10.5. The number of aromatic nitrogens is 1. The average molecular weight is 249 g/mol. The summed E-state index contributed by atoms with van der Waals surface area (Å²) >= 11 is 0. The first kappa shape index (κ1) is 15.7. The second kappa shape index (κ2) is 6.42. The number of hydrogen-bond acceptors (Lipinski definition) is 0. The Kier molecular flexibility index (Phi) is 5.92. The number of allylic oxidation sites excluding steroid dienone is 1. The second-order valence-corrected chi connectivity index (χ2v) is 3.71. The number of halogens is 4. The van der Waals surface area contributed by atoms with Gasteiger partial charge in [-0.1, -0.05) is 6.58 Å². The smallest absolute Gasteiger partial charge is 0.418 e. The molecule has 1 aromatic rings. The van der Waals surface area contributed by atoms with Crippen molar-refractivity contribution in [1.29, 1.82) is 0 Å². The molecule has 1 heterocycles. The summed E-state index contributed by atoms with van der Waals surface area (Å²) in [7, 11) is -6.00. The average Bonchev–Trinajstić information content (AvgIpc) is 2.08. The molecule has 0 atom stereocenters. The van der Waals surface area contributed by atoms with Gasteiger partial charge < -0.3 is 17.3 Å². The maximum Gasteiger partial charge on any atom is 0.673 e. The Balaban J connectivity index is 0.000000437. The van der Waals surface area contributed by atoms with Crippen molar-refractivity contribution in [2.45, 2.75) is 27.3 Å². The molecule has 0 saturated carbocycles. The highest BCUT2D eigenvalue weighted by molar-refractivity contribution is 6.50. The molecule has 0 saturated heterocycles. The van der Waals surface area contributed by atoms with Gasteiger partial charge in [0.15, 0.2) is 17.9 Å². The molecule has 1 nitrogen and oxygen atoms in total. The van der Waals surface area contributed by atoms with Crippen LogP contribution in [0.2, 0.25) is 0 Å². The molecule has 1 rings (SSSR count). The largest absolute Gasteiger partial charge is 0.673 e. The summed E-state index contributed by atoms with van der Waals surface area (Å²) in [6.45, 7) is 11.0. The minimum Gasteiger partial charge on any atom is -0.418 e. The molecule has 0 aliphatic heterocycles. The highest BCUT2D eigenvalue weighted by Crippen LogP contribution is 2.06. The third-order valence-corrected chi connectivity index (χ3v) is 2.04. The van der Waals surface area contributed by atoms with Crippen LogP contribution in [0.5, 0.6) is 0 Å². The molecule has 0 aliphatic carbocycles. The molecule has 0 bridgehead atoms. The number of hydrogen-bond donors (Lipinski definition) is 0. The monoisotopic (exact) mass is 249 g/mol. The molecule has 0 aromatic carbocycles. The van der Waals surface area contributed by atoms with Crippen LogP contribution in [0.1, 0.15) is 17.0 Å². The van der Waals surface area contributed by atoms with Gasteiger partial charge in [-0.05, 0) is 18.6 Å². The van der Waals surface area contributed by atoms with Crippen LogP contribution in [-0.2, 0) is 6.54 Å². The van der Waals surface area contributed by atoms with Crippen LogP contribution in [0.3, 0.4) is 0 Å². The van der Waals surface area contributed by atoms with E-state index in [0.717, 1.165) is 6.54 Å². The summed E-state index contributed by atoms with van der Waals surface area (Å²) in [6.07, 6.45) is 1.93. The molecule has 0 fully saturated rings. The number of rotatable bonds is 2. The lowest BCUT2D eigenvalue weighted by atomic mass is 10.2. The predicted molar refractivity (Wildman–Crippen MR) is 61.2 cm³/mol. The standard InChI is InChI=1S/C11H16N.BF4/c1-5-6-12-10(3)7-9(2)8-11(12)4;2-1(3,4)5/h5,7-8H,1,6H2,2-4H3;/q+1;-1. The molecule has 1 aromatic heterocycles. The van der Waals surface area contributed by atoms with Crippen molar-refractivity contribution >= 4 is 7.25 Å². The van der Waals surface area contributed by atoms with Crippen LogP contribution in [-0.4, -0.2) is 7.25 Å². The Hall–Kier alpha value is -1.33. The lowest BCUT2D eigenvalue weighted by Crippen LogP contribution is -2.39. The summed E-state index contributed by atoms with van der Waals surface area (Å²) in [5.74, 6) is 0. The van der Waals surface area contributed by atoms with E-state index >= 15 is 0 Å². The fourth-order valence-electron chi connectivity index (χ4n) is 1.55. The van der Waals surface area contributed by atoms with Crippen LogP contribution >= 0.6 is 0 Å². The lowest BCUT2D eigenvalue weighted by Gasteiger charge is -2.02. The van der Waals surface area contributed by atoms with E-state index in [0.29, 0.717) is 0 Å². The van der Waals surface area contributed by atoms with Crippen molar-refractivity contribution < 1.29 is 21.8 Å². The van der Waals surface area contributed by atoms with Gasteiger partial charge in [0.25, 0.3) is 0 Å². The summed E-state index contributed by atoms with van der Waals surface area (Å²) in [5.41, 5.74) is 3.92. The first-order valence-electron chi connectivity index (χ1n) is 5.11. The quantitative estimate of drug-likeness (QED) is 0.327. The molecule has 0 spiro atoms. The van der Waals surface area contributed by atoms with Crippen LogP contribution in [0.15, 0.2) is 24.8 Å². The second-order valence-electron chi connectivity index (χ2n) is 3.71. The van der Waals surface area contributed by atoms with Gasteiger partial charge in [-0.3, -0.25) is 0 Å². The maximum atomic E-state index is 9.75. The van der Waals surface area contributed by atoms with E-state index in [1.54, 1.807) is 0 Å². The van der Waals surface area contributed by atoms with Gasteiger partial charge in [-0.2, -0.15) is 4.57 Å². The molecule has 96 valence electrons. The Morgan fingerprint density at radius 2 is 1.47 bits per heavy atom. The van der Waals surface area contributed by atoms with Crippen LogP contribution in [0, 0.1) is 20.8 Å². The Morgan fingerprint density at radius 3 is 1.76 bits per heavy atom. The van der Waals surface area contributed by atoms with Crippen molar-refractivity contribution in [2.75, 3.05) is 0 Å². The van der Waals surface area contributed by atoms with E-state index in [1.165, 1.54) is 17.0 Å². The zero-order valence-corrected chi connectivity index (χ0v) is 10.2. The molecule has 6 heteroatoms. The van der Waals surface area contributed by atoms with Crippen molar-refractivity contribution in [2.24, 2.45) is 0 Å². The summed E-state index contributed by atoms with van der Waals surface area (Å²) in [4.78, 5) is 0. The van der Waals surface area contributed by atoms with Gasteiger partial charge in [0.1, 0.15) is 0 Å². The molecule has 0 radical (unpaired) electrons. The highest BCUT2D eigenvalue weighted by Gasteiger charge is 2.20. The molecule has 0 aliphatic rings. The molecule has 0 N–H and O–H groups in total. The number of pyridine rings is 1. The van der Waals surface area contributed by atoms with Gasteiger partial charge in [0.2, 0.25) is 0 Å². The fraction of sp³-hybridized carbons (Fsp3) is 0.364. The zero-order valence-electron chi connectivity index (χ0n) is 10.2.